The van der Waals surface area contributed by atoms with Crippen molar-refractivity contribution >= 4 is 0 Å². The number of nitrogens with one attached hydrogen (secondary N) is 1. The van der Waals surface area contributed by atoms with Crippen molar-refractivity contribution in [2.45, 2.75) is 84.1 Å². The molecule has 3 N–H and O–H groups in total. The van der Waals surface area contributed by atoms with Crippen molar-refractivity contribution in [3.8, 4) is 0 Å². The van der Waals surface area contributed by atoms with Gasteiger partial charge in [0.2, 0.25) is 0 Å². The van der Waals surface area contributed by atoms with Crippen LogP contribution < -0.4 is 5.32 Å². The fourth-order valence-corrected chi connectivity index (χ4v) is 3.89. The summed E-state index contributed by atoms with van der Waals surface area (Å²) in [4.78, 5) is 0. The zero-order valence-corrected chi connectivity index (χ0v) is 13.7. The molecular weight excluding hydrogens is 250 g/mol. The van der Waals surface area contributed by atoms with Crippen molar-refractivity contribution in [1.29, 1.82) is 0 Å². The summed E-state index contributed by atoms with van der Waals surface area (Å²) in [6.07, 6.45) is 6.12. The van der Waals surface area contributed by atoms with Crippen molar-refractivity contribution in [1.82, 2.24) is 5.32 Å². The molecule has 0 bridgehead atoms. The van der Waals surface area contributed by atoms with Gasteiger partial charge in [0, 0.05) is 0 Å². The van der Waals surface area contributed by atoms with Gasteiger partial charge in [-0.25, -0.2) is 0 Å². The Hall–Kier alpha value is -0.120. The second-order valence-electron chi connectivity index (χ2n) is 7.92. The van der Waals surface area contributed by atoms with E-state index in [1.165, 1.54) is 0 Å². The average molecular weight is 283 g/mol. The van der Waals surface area contributed by atoms with Gasteiger partial charge < -0.3 is 10.2 Å². The van der Waals surface area contributed by atoms with Crippen LogP contribution in [0.25, 0.3) is 0 Å². The molecule has 5 atom stereocenters. The highest BCUT2D eigenvalue weighted by Gasteiger charge is 2.42. The molecule has 3 nitrogen and oxygen atoms in total. The topological polar surface area (TPSA) is 52.5 Å². The van der Waals surface area contributed by atoms with Gasteiger partial charge in [-0.15, -0.1) is 0 Å². The van der Waals surface area contributed by atoms with Gasteiger partial charge in [-0.05, 0) is 68.6 Å². The third kappa shape index (κ3) is 3.75. The van der Waals surface area contributed by atoms with Gasteiger partial charge in [0.05, 0.1) is 0 Å². The third-order valence-electron chi connectivity index (χ3n) is 6.11. The van der Waals surface area contributed by atoms with E-state index in [-0.39, 0.29) is 0 Å². The molecule has 0 spiro atoms. The molecule has 0 aromatic carbocycles. The molecule has 0 aromatic heterocycles. The third-order valence-corrected chi connectivity index (χ3v) is 6.11. The van der Waals surface area contributed by atoms with Gasteiger partial charge in [-0.2, -0.15) is 0 Å². The predicted molar refractivity (Wildman–Crippen MR) is 82.0 cm³/mol. The van der Waals surface area contributed by atoms with Crippen molar-refractivity contribution in [3.63, 3.8) is 0 Å². The normalized spacial score (nSPS) is 50.7. The molecule has 2 aliphatic carbocycles. The molecule has 5 unspecified atom stereocenters. The van der Waals surface area contributed by atoms with Crippen molar-refractivity contribution in [2.75, 3.05) is 0 Å². The Kier molecular flexibility index (Phi) is 4.83. The van der Waals surface area contributed by atoms with E-state index in [0.717, 1.165) is 44.9 Å². The maximum Gasteiger partial charge on any atom is 0.118 e. The van der Waals surface area contributed by atoms with E-state index in [2.05, 4.69) is 33.0 Å². The molecule has 0 radical (unpaired) electrons. The van der Waals surface area contributed by atoms with Crippen LogP contribution in [0, 0.1) is 23.7 Å². The molecule has 2 aliphatic rings. The SMILES string of the molecule is CC1CCC(O)(NC2(O)CCC(C)C(C)C2)CCC1C. The van der Waals surface area contributed by atoms with E-state index >= 15 is 0 Å². The Morgan fingerprint density at radius 1 is 0.700 bits per heavy atom. The first kappa shape index (κ1) is 16.3. The first-order chi connectivity index (χ1) is 9.23. The molecule has 118 valence electrons. The Morgan fingerprint density at radius 3 is 1.60 bits per heavy atom. The maximum atomic E-state index is 10.9. The van der Waals surface area contributed by atoms with Gasteiger partial charge in [0.1, 0.15) is 11.4 Å². The van der Waals surface area contributed by atoms with Gasteiger partial charge >= 0.3 is 0 Å². The molecule has 2 rings (SSSR count). The van der Waals surface area contributed by atoms with E-state index in [4.69, 9.17) is 0 Å². The van der Waals surface area contributed by atoms with Gasteiger partial charge in [0.15, 0.2) is 0 Å². The Bertz CT molecular complexity index is 321. The molecular formula is C17H33NO2. The second-order valence-corrected chi connectivity index (χ2v) is 7.92. The number of aliphatic hydroxyl groups is 2. The first-order valence-corrected chi connectivity index (χ1v) is 8.47. The van der Waals surface area contributed by atoms with E-state index in [1.807, 2.05) is 0 Å². The molecule has 0 saturated heterocycles. The van der Waals surface area contributed by atoms with Gasteiger partial charge in [0.25, 0.3) is 0 Å². The summed E-state index contributed by atoms with van der Waals surface area (Å²) < 4.78 is 0. The van der Waals surface area contributed by atoms with Crippen molar-refractivity contribution in [2.24, 2.45) is 23.7 Å². The standard InChI is InChI=1S/C17H33NO2/c1-12-5-8-16(19,9-6-13(12)2)18-17(20)10-7-14(3)15(4)11-17/h12-15,18-20H,5-11H2,1-4H3. The van der Waals surface area contributed by atoms with E-state index in [1.54, 1.807) is 0 Å². The Morgan fingerprint density at radius 2 is 1.10 bits per heavy atom. The summed E-state index contributed by atoms with van der Waals surface area (Å²) in [5, 5.41) is 25.0. The van der Waals surface area contributed by atoms with Crippen LogP contribution in [0.15, 0.2) is 0 Å². The smallest absolute Gasteiger partial charge is 0.118 e. The monoisotopic (exact) mass is 283 g/mol. The zero-order valence-electron chi connectivity index (χ0n) is 13.7. The molecule has 0 aliphatic heterocycles. The van der Waals surface area contributed by atoms with E-state index in [9.17, 15) is 10.2 Å². The van der Waals surface area contributed by atoms with Gasteiger partial charge in [-0.3, -0.25) is 5.32 Å². The van der Waals surface area contributed by atoms with Crippen LogP contribution in [0.5, 0.6) is 0 Å². The summed E-state index contributed by atoms with van der Waals surface area (Å²) in [7, 11) is 0. The van der Waals surface area contributed by atoms with Gasteiger partial charge in [-0.1, -0.05) is 27.7 Å². The minimum Gasteiger partial charge on any atom is -0.376 e. The lowest BCUT2D eigenvalue weighted by molar-refractivity contribution is -0.136. The van der Waals surface area contributed by atoms with Crippen LogP contribution >= 0.6 is 0 Å². The van der Waals surface area contributed by atoms with Crippen LogP contribution in [0.4, 0.5) is 0 Å². The Balaban J connectivity index is 2.00. The molecule has 2 saturated carbocycles. The number of hydrogen-bond acceptors (Lipinski definition) is 3. The summed E-state index contributed by atoms with van der Waals surface area (Å²) in [5.41, 5.74) is -1.76. The molecule has 0 amide bonds. The highest BCUT2D eigenvalue weighted by Crippen LogP contribution is 2.38. The fourth-order valence-electron chi connectivity index (χ4n) is 3.89. The minimum atomic E-state index is -0.881. The molecule has 2 fully saturated rings. The summed E-state index contributed by atoms with van der Waals surface area (Å²) in [6, 6.07) is 0. The lowest BCUT2D eigenvalue weighted by atomic mass is 9.76. The highest BCUT2D eigenvalue weighted by molar-refractivity contribution is 4.92. The lowest BCUT2D eigenvalue weighted by Gasteiger charge is -2.44. The molecule has 0 aromatic rings. The summed E-state index contributed by atoms with van der Waals surface area (Å²) >= 11 is 0. The van der Waals surface area contributed by atoms with E-state index in [0.29, 0.717) is 23.7 Å². The maximum absolute atomic E-state index is 10.9. The van der Waals surface area contributed by atoms with Crippen molar-refractivity contribution in [3.05, 3.63) is 0 Å². The number of hydrogen-bond donors (Lipinski definition) is 3. The first-order valence-electron chi connectivity index (χ1n) is 8.47. The Labute approximate surface area is 124 Å². The highest BCUT2D eigenvalue weighted by atomic mass is 16.3. The van der Waals surface area contributed by atoms with Crippen LogP contribution in [0.2, 0.25) is 0 Å². The lowest BCUT2D eigenvalue weighted by Crippen LogP contribution is -2.60. The van der Waals surface area contributed by atoms with Crippen LogP contribution in [0.3, 0.4) is 0 Å². The number of rotatable bonds is 2. The van der Waals surface area contributed by atoms with Crippen LogP contribution in [-0.4, -0.2) is 21.7 Å². The minimum absolute atomic E-state index is 0.508. The second kappa shape index (κ2) is 5.94. The fraction of sp³-hybridized carbons (Fsp3) is 1.00. The average Bonchev–Trinajstić information content (AvgIpc) is 2.49. The van der Waals surface area contributed by atoms with Crippen molar-refractivity contribution < 1.29 is 10.2 Å². The predicted octanol–water partition coefficient (Wildman–Crippen LogP) is 3.26. The zero-order chi connectivity index (χ0) is 15.0. The summed E-state index contributed by atoms with van der Waals surface area (Å²) in [5.74, 6) is 2.49. The molecule has 0 heterocycles. The molecule has 20 heavy (non-hydrogen) atoms. The summed E-state index contributed by atoms with van der Waals surface area (Å²) in [6.45, 7) is 9.01. The molecule has 3 heteroatoms. The largest absolute Gasteiger partial charge is 0.376 e. The van der Waals surface area contributed by atoms with Crippen LogP contribution in [-0.2, 0) is 0 Å². The van der Waals surface area contributed by atoms with E-state index < -0.39 is 11.4 Å². The quantitative estimate of drug-likeness (QED) is 0.538. The van der Waals surface area contributed by atoms with Crippen LogP contribution in [0.1, 0.15) is 72.6 Å².